The summed E-state index contributed by atoms with van der Waals surface area (Å²) in [5, 5.41) is 7.55. The van der Waals surface area contributed by atoms with Crippen LogP contribution in [0.4, 0.5) is 5.69 Å². The predicted octanol–water partition coefficient (Wildman–Crippen LogP) is 5.54. The van der Waals surface area contributed by atoms with Gasteiger partial charge in [0.25, 0.3) is 0 Å². The Kier molecular flexibility index (Phi) is 5.88. The Bertz CT molecular complexity index is 1120. The maximum atomic E-state index is 12.2. The van der Waals surface area contributed by atoms with Gasteiger partial charge in [-0.2, -0.15) is 0 Å². The number of Topliss-reactive ketones (excluding diaryl/α,β-unsaturated/α-hetero) is 1. The van der Waals surface area contributed by atoms with Crippen molar-refractivity contribution in [1.29, 1.82) is 0 Å². The third-order valence-corrected chi connectivity index (χ3v) is 5.98. The highest BCUT2D eigenvalue weighted by Gasteiger charge is 2.12. The third kappa shape index (κ3) is 4.82. The van der Waals surface area contributed by atoms with Crippen LogP contribution in [0.3, 0.4) is 0 Å². The number of anilines is 1. The molecule has 1 aromatic carbocycles. The van der Waals surface area contributed by atoms with Gasteiger partial charge in [-0.25, -0.2) is 4.98 Å². The second-order valence-corrected chi connectivity index (χ2v) is 8.09. The van der Waals surface area contributed by atoms with Crippen LogP contribution < -0.4 is 5.32 Å². The van der Waals surface area contributed by atoms with Crippen LogP contribution in [0.1, 0.15) is 22.5 Å². The SMILES string of the molecule is O=C(CCC(=O)c1cccs1)Nc1cccc(-c2csc(-c3ccccn3)n2)c1. The fraction of sp³-hybridized carbons (Fsp3) is 0.0909. The second-order valence-electron chi connectivity index (χ2n) is 6.28. The molecule has 0 saturated carbocycles. The first-order valence-corrected chi connectivity index (χ1v) is 10.8. The summed E-state index contributed by atoms with van der Waals surface area (Å²) in [6.07, 6.45) is 2.10. The molecule has 0 fully saturated rings. The fourth-order valence-corrected chi connectivity index (χ4v) is 4.28. The van der Waals surface area contributed by atoms with Crippen LogP contribution >= 0.6 is 22.7 Å². The fourth-order valence-electron chi connectivity index (χ4n) is 2.78. The van der Waals surface area contributed by atoms with Gasteiger partial charge in [-0.3, -0.25) is 14.6 Å². The largest absolute Gasteiger partial charge is 0.326 e. The number of pyridine rings is 1. The summed E-state index contributed by atoms with van der Waals surface area (Å²) in [5.41, 5.74) is 3.27. The summed E-state index contributed by atoms with van der Waals surface area (Å²) in [5.74, 6) is -0.187. The number of nitrogens with zero attached hydrogens (tertiary/aromatic N) is 2. The average molecular weight is 420 g/mol. The molecule has 3 aromatic heterocycles. The minimum atomic E-state index is -0.181. The monoisotopic (exact) mass is 419 g/mol. The summed E-state index contributed by atoms with van der Waals surface area (Å²) in [7, 11) is 0. The zero-order valence-corrected chi connectivity index (χ0v) is 17.0. The van der Waals surface area contributed by atoms with Crippen molar-refractivity contribution in [2.75, 3.05) is 5.32 Å². The van der Waals surface area contributed by atoms with Crippen molar-refractivity contribution in [3.63, 3.8) is 0 Å². The molecule has 144 valence electrons. The molecule has 0 unspecified atom stereocenters. The van der Waals surface area contributed by atoms with Gasteiger partial charge in [-0.05, 0) is 35.7 Å². The smallest absolute Gasteiger partial charge is 0.224 e. The molecule has 0 bridgehead atoms. The Morgan fingerprint density at radius 3 is 2.66 bits per heavy atom. The van der Waals surface area contributed by atoms with E-state index in [1.807, 2.05) is 59.3 Å². The number of rotatable bonds is 7. The van der Waals surface area contributed by atoms with Crippen LogP contribution in [-0.4, -0.2) is 21.7 Å². The number of thiazole rings is 1. The van der Waals surface area contributed by atoms with E-state index in [0.717, 1.165) is 22.0 Å². The average Bonchev–Trinajstić information content (AvgIpc) is 3.45. The number of nitrogens with one attached hydrogen (secondary N) is 1. The number of carbonyl (C=O) groups is 2. The third-order valence-electron chi connectivity index (χ3n) is 4.21. The first-order valence-electron chi connectivity index (χ1n) is 9.03. The quantitative estimate of drug-likeness (QED) is 0.400. The standard InChI is InChI=1S/C22H17N3O2S2/c26-19(20-8-4-12-28-20)9-10-21(27)24-16-6-3-5-15(13-16)18-14-29-22(25-18)17-7-1-2-11-23-17/h1-8,11-14H,9-10H2,(H,24,27). The second kappa shape index (κ2) is 8.89. The van der Waals surface area contributed by atoms with E-state index >= 15 is 0 Å². The summed E-state index contributed by atoms with van der Waals surface area (Å²) < 4.78 is 0. The number of hydrogen-bond acceptors (Lipinski definition) is 6. The van der Waals surface area contributed by atoms with Gasteiger partial charge in [0.2, 0.25) is 5.91 Å². The van der Waals surface area contributed by atoms with Crippen LogP contribution in [0.5, 0.6) is 0 Å². The number of amides is 1. The lowest BCUT2D eigenvalue weighted by molar-refractivity contribution is -0.116. The van der Waals surface area contributed by atoms with Crippen molar-refractivity contribution in [2.24, 2.45) is 0 Å². The molecule has 1 N–H and O–H groups in total. The van der Waals surface area contributed by atoms with Gasteiger partial charge in [-0.1, -0.05) is 24.3 Å². The molecular formula is C22H17N3O2S2. The minimum Gasteiger partial charge on any atom is -0.326 e. The van der Waals surface area contributed by atoms with Crippen LogP contribution in [0.25, 0.3) is 22.0 Å². The van der Waals surface area contributed by atoms with E-state index < -0.39 is 0 Å². The Morgan fingerprint density at radius 2 is 1.86 bits per heavy atom. The van der Waals surface area contributed by atoms with Crippen LogP contribution in [0, 0.1) is 0 Å². The van der Waals surface area contributed by atoms with E-state index in [9.17, 15) is 9.59 Å². The summed E-state index contributed by atoms with van der Waals surface area (Å²) in [4.78, 5) is 34.0. The van der Waals surface area contributed by atoms with Gasteiger partial charge in [0.05, 0.1) is 16.3 Å². The number of benzene rings is 1. The van der Waals surface area contributed by atoms with Crippen LogP contribution in [0.15, 0.2) is 71.6 Å². The van der Waals surface area contributed by atoms with Crippen molar-refractivity contribution < 1.29 is 9.59 Å². The van der Waals surface area contributed by atoms with Gasteiger partial charge >= 0.3 is 0 Å². The molecule has 4 aromatic rings. The van der Waals surface area contributed by atoms with E-state index in [-0.39, 0.29) is 24.5 Å². The number of ketones is 1. The number of aromatic nitrogens is 2. The number of thiophene rings is 1. The van der Waals surface area contributed by atoms with E-state index in [2.05, 4.69) is 15.3 Å². The highest BCUT2D eigenvalue weighted by molar-refractivity contribution is 7.13. The molecule has 0 aliphatic rings. The van der Waals surface area contributed by atoms with Crippen LogP contribution in [-0.2, 0) is 4.79 Å². The predicted molar refractivity (Wildman–Crippen MR) is 117 cm³/mol. The molecule has 0 aliphatic carbocycles. The summed E-state index contributed by atoms with van der Waals surface area (Å²) in [6, 6.07) is 16.9. The highest BCUT2D eigenvalue weighted by atomic mass is 32.1. The lowest BCUT2D eigenvalue weighted by atomic mass is 10.1. The Hall–Kier alpha value is -3.16. The number of carbonyl (C=O) groups excluding carboxylic acids is 2. The lowest BCUT2D eigenvalue weighted by Gasteiger charge is -2.06. The minimum absolute atomic E-state index is 0.00609. The van der Waals surface area contributed by atoms with Gasteiger partial charge in [-0.15, -0.1) is 22.7 Å². The van der Waals surface area contributed by atoms with Crippen molar-refractivity contribution in [1.82, 2.24) is 9.97 Å². The lowest BCUT2D eigenvalue weighted by Crippen LogP contribution is -2.13. The molecule has 0 aliphatic heterocycles. The molecule has 5 nitrogen and oxygen atoms in total. The first kappa shape index (κ1) is 19.2. The van der Waals surface area contributed by atoms with Crippen LogP contribution in [0.2, 0.25) is 0 Å². The van der Waals surface area contributed by atoms with Gasteiger partial charge in [0.1, 0.15) is 5.01 Å². The molecule has 0 atom stereocenters. The molecule has 3 heterocycles. The molecule has 0 spiro atoms. The molecule has 0 saturated heterocycles. The normalized spacial score (nSPS) is 10.6. The topological polar surface area (TPSA) is 72.0 Å². The Morgan fingerprint density at radius 1 is 0.931 bits per heavy atom. The molecular weight excluding hydrogens is 402 g/mol. The van der Waals surface area contributed by atoms with Crippen molar-refractivity contribution in [3.8, 4) is 22.0 Å². The van der Waals surface area contributed by atoms with Gasteiger partial charge in [0.15, 0.2) is 5.78 Å². The highest BCUT2D eigenvalue weighted by Crippen LogP contribution is 2.29. The molecule has 0 radical (unpaired) electrons. The van der Waals surface area contributed by atoms with E-state index in [4.69, 9.17) is 0 Å². The van der Waals surface area contributed by atoms with Crippen molar-refractivity contribution in [3.05, 3.63) is 76.4 Å². The van der Waals surface area contributed by atoms with Crippen molar-refractivity contribution in [2.45, 2.75) is 12.8 Å². The zero-order chi connectivity index (χ0) is 20.1. The number of hydrogen-bond donors (Lipinski definition) is 1. The van der Waals surface area contributed by atoms with E-state index in [1.165, 1.54) is 22.7 Å². The van der Waals surface area contributed by atoms with Gasteiger partial charge < -0.3 is 5.32 Å². The summed E-state index contributed by atoms with van der Waals surface area (Å²) in [6.45, 7) is 0. The maximum absolute atomic E-state index is 12.2. The van der Waals surface area contributed by atoms with Crippen molar-refractivity contribution >= 4 is 40.1 Å². The molecule has 7 heteroatoms. The van der Waals surface area contributed by atoms with Gasteiger partial charge in [0, 0.05) is 35.7 Å². The first-order chi connectivity index (χ1) is 14.2. The zero-order valence-electron chi connectivity index (χ0n) is 15.4. The molecule has 29 heavy (non-hydrogen) atoms. The van der Waals surface area contributed by atoms with E-state index in [1.54, 1.807) is 12.3 Å². The Labute approximate surface area is 176 Å². The molecule has 4 rings (SSSR count). The Balaban J connectivity index is 1.40. The maximum Gasteiger partial charge on any atom is 0.224 e. The molecule has 1 amide bonds. The van der Waals surface area contributed by atoms with E-state index in [0.29, 0.717) is 10.6 Å². The summed E-state index contributed by atoms with van der Waals surface area (Å²) >= 11 is 2.92.